The van der Waals surface area contributed by atoms with Crippen LogP contribution in [0.4, 0.5) is 10.8 Å². The van der Waals surface area contributed by atoms with E-state index in [4.69, 9.17) is 0 Å². The Balaban J connectivity index is 1.73. The van der Waals surface area contributed by atoms with Gasteiger partial charge in [-0.2, -0.15) is 0 Å². The summed E-state index contributed by atoms with van der Waals surface area (Å²) >= 11 is 1.43. The van der Waals surface area contributed by atoms with Crippen molar-refractivity contribution < 1.29 is 9.59 Å². The van der Waals surface area contributed by atoms with Gasteiger partial charge in [0.15, 0.2) is 5.13 Å². The number of anilines is 2. The average molecular weight is 317 g/mol. The van der Waals surface area contributed by atoms with E-state index in [-0.39, 0.29) is 17.7 Å². The summed E-state index contributed by atoms with van der Waals surface area (Å²) in [6.45, 7) is 1.46. The van der Waals surface area contributed by atoms with Gasteiger partial charge >= 0.3 is 0 Å². The number of hydrogen-bond donors (Lipinski definition) is 2. The van der Waals surface area contributed by atoms with Crippen molar-refractivity contribution in [3.05, 3.63) is 18.2 Å². The number of carbonyl (C=O) groups is 2. The molecule has 0 bridgehead atoms. The largest absolute Gasteiger partial charge is 0.326 e. The minimum atomic E-state index is -0.134. The van der Waals surface area contributed by atoms with E-state index in [1.807, 2.05) is 18.2 Å². The molecule has 3 rings (SSSR count). The van der Waals surface area contributed by atoms with Crippen molar-refractivity contribution in [2.24, 2.45) is 5.92 Å². The zero-order chi connectivity index (χ0) is 15.5. The van der Waals surface area contributed by atoms with Crippen molar-refractivity contribution in [2.75, 3.05) is 10.6 Å². The summed E-state index contributed by atoms with van der Waals surface area (Å²) < 4.78 is 0.986. The molecule has 5 nitrogen and oxygen atoms in total. The smallest absolute Gasteiger partial charge is 0.227 e. The van der Waals surface area contributed by atoms with Gasteiger partial charge in [0.05, 0.1) is 10.2 Å². The topological polar surface area (TPSA) is 71.1 Å². The van der Waals surface area contributed by atoms with E-state index >= 15 is 0 Å². The number of carbonyl (C=O) groups excluding carboxylic acids is 2. The summed E-state index contributed by atoms with van der Waals surface area (Å²) in [6.07, 6.45) is 5.49. The summed E-state index contributed by atoms with van der Waals surface area (Å²) in [5.74, 6) is 0.107. The number of hydrogen-bond acceptors (Lipinski definition) is 4. The van der Waals surface area contributed by atoms with E-state index in [1.165, 1.54) is 24.7 Å². The number of nitrogens with one attached hydrogen (secondary N) is 2. The summed E-state index contributed by atoms with van der Waals surface area (Å²) in [5.41, 5.74) is 1.55. The van der Waals surface area contributed by atoms with Crippen LogP contribution < -0.4 is 10.6 Å². The molecule has 2 aromatic rings. The van der Waals surface area contributed by atoms with Crippen molar-refractivity contribution in [3.63, 3.8) is 0 Å². The maximum absolute atomic E-state index is 12.3. The predicted octanol–water partition coefficient (Wildman–Crippen LogP) is 3.77. The zero-order valence-electron chi connectivity index (χ0n) is 12.5. The molecule has 1 aromatic heterocycles. The summed E-state index contributed by atoms with van der Waals surface area (Å²) in [4.78, 5) is 27.7. The summed E-state index contributed by atoms with van der Waals surface area (Å²) in [6, 6.07) is 5.67. The first-order valence-corrected chi connectivity index (χ1v) is 8.42. The lowest BCUT2D eigenvalue weighted by molar-refractivity contribution is -0.120. The molecule has 1 aliphatic rings. The van der Waals surface area contributed by atoms with Gasteiger partial charge in [-0.3, -0.25) is 9.59 Å². The second kappa shape index (κ2) is 6.44. The van der Waals surface area contributed by atoms with Crippen LogP contribution in [-0.4, -0.2) is 16.8 Å². The van der Waals surface area contributed by atoms with E-state index < -0.39 is 0 Å². The Labute approximate surface area is 133 Å². The molecule has 2 N–H and O–H groups in total. The van der Waals surface area contributed by atoms with Crippen molar-refractivity contribution in [2.45, 2.75) is 39.0 Å². The Bertz CT molecular complexity index is 704. The van der Waals surface area contributed by atoms with E-state index in [0.29, 0.717) is 5.13 Å². The van der Waals surface area contributed by atoms with Crippen LogP contribution in [0.1, 0.15) is 39.0 Å². The first-order valence-electron chi connectivity index (χ1n) is 7.61. The lowest BCUT2D eigenvalue weighted by atomic mass is 9.88. The monoisotopic (exact) mass is 317 g/mol. The highest BCUT2D eigenvalue weighted by Gasteiger charge is 2.21. The molecule has 0 radical (unpaired) electrons. The van der Waals surface area contributed by atoms with Crippen LogP contribution in [0.5, 0.6) is 0 Å². The highest BCUT2D eigenvalue weighted by Crippen LogP contribution is 2.29. The van der Waals surface area contributed by atoms with Crippen LogP contribution in [0.2, 0.25) is 0 Å². The van der Waals surface area contributed by atoms with E-state index in [2.05, 4.69) is 15.6 Å². The molecular formula is C16H19N3O2S. The third kappa shape index (κ3) is 3.44. The lowest BCUT2D eigenvalue weighted by Gasteiger charge is -2.20. The molecule has 1 heterocycles. The number of amides is 2. The first-order chi connectivity index (χ1) is 10.6. The second-order valence-corrected chi connectivity index (χ2v) is 6.74. The predicted molar refractivity (Wildman–Crippen MR) is 89.1 cm³/mol. The van der Waals surface area contributed by atoms with Crippen molar-refractivity contribution in [1.29, 1.82) is 0 Å². The molecule has 1 fully saturated rings. The molecular weight excluding hydrogens is 298 g/mol. The minimum absolute atomic E-state index is 0.108. The van der Waals surface area contributed by atoms with Crippen LogP contribution in [0, 0.1) is 5.92 Å². The molecule has 0 atom stereocenters. The molecule has 0 unspecified atom stereocenters. The Morgan fingerprint density at radius 3 is 2.68 bits per heavy atom. The molecule has 1 saturated carbocycles. The van der Waals surface area contributed by atoms with E-state index in [0.717, 1.165) is 41.6 Å². The molecule has 6 heteroatoms. The molecule has 0 spiro atoms. The third-order valence-electron chi connectivity index (χ3n) is 3.91. The number of benzene rings is 1. The van der Waals surface area contributed by atoms with Crippen LogP contribution in [0.15, 0.2) is 18.2 Å². The SMILES string of the molecule is CC(=O)Nc1nc2cc(NC(=O)C3CCCCC3)ccc2s1. The van der Waals surface area contributed by atoms with Gasteiger partial charge in [-0.25, -0.2) is 4.98 Å². The Morgan fingerprint density at radius 1 is 1.18 bits per heavy atom. The van der Waals surface area contributed by atoms with Gasteiger partial charge in [0.25, 0.3) is 0 Å². The molecule has 2 amide bonds. The first kappa shape index (κ1) is 15.0. The van der Waals surface area contributed by atoms with Crippen LogP contribution >= 0.6 is 11.3 Å². The van der Waals surface area contributed by atoms with E-state index in [9.17, 15) is 9.59 Å². The van der Waals surface area contributed by atoms with Gasteiger partial charge < -0.3 is 10.6 Å². The van der Waals surface area contributed by atoms with Gasteiger partial charge in [0, 0.05) is 18.5 Å². The molecule has 0 saturated heterocycles. The van der Waals surface area contributed by atoms with Crippen molar-refractivity contribution >= 4 is 44.2 Å². The van der Waals surface area contributed by atoms with E-state index in [1.54, 1.807) is 0 Å². The number of nitrogens with zero attached hydrogens (tertiary/aromatic N) is 1. The average Bonchev–Trinajstić information content (AvgIpc) is 2.88. The molecule has 1 aliphatic carbocycles. The van der Waals surface area contributed by atoms with Crippen LogP contribution in [0.3, 0.4) is 0 Å². The minimum Gasteiger partial charge on any atom is -0.326 e. The van der Waals surface area contributed by atoms with Crippen molar-refractivity contribution in [3.8, 4) is 0 Å². The normalized spacial score (nSPS) is 15.7. The van der Waals surface area contributed by atoms with Crippen molar-refractivity contribution in [1.82, 2.24) is 4.98 Å². The van der Waals surface area contributed by atoms with Gasteiger partial charge in [-0.15, -0.1) is 0 Å². The standard InChI is InChI=1S/C16H19N3O2S/c1-10(20)17-16-19-13-9-12(7-8-14(13)22-16)18-15(21)11-5-3-2-4-6-11/h7-9,11H,2-6H2,1H3,(H,18,21)(H,17,19,20). The van der Waals surface area contributed by atoms with Crippen LogP contribution in [-0.2, 0) is 9.59 Å². The van der Waals surface area contributed by atoms with Gasteiger partial charge in [-0.05, 0) is 31.0 Å². The fraction of sp³-hybridized carbons (Fsp3) is 0.438. The van der Waals surface area contributed by atoms with Gasteiger partial charge in [0.2, 0.25) is 11.8 Å². The molecule has 22 heavy (non-hydrogen) atoms. The van der Waals surface area contributed by atoms with Gasteiger partial charge in [-0.1, -0.05) is 30.6 Å². The third-order valence-corrected chi connectivity index (χ3v) is 4.87. The number of aromatic nitrogens is 1. The Morgan fingerprint density at radius 2 is 1.95 bits per heavy atom. The molecule has 0 aliphatic heterocycles. The summed E-state index contributed by atoms with van der Waals surface area (Å²) in [7, 11) is 0. The fourth-order valence-electron chi connectivity index (χ4n) is 2.82. The quantitative estimate of drug-likeness (QED) is 0.905. The summed E-state index contributed by atoms with van der Waals surface area (Å²) in [5, 5.41) is 6.26. The van der Waals surface area contributed by atoms with Crippen LogP contribution in [0.25, 0.3) is 10.2 Å². The maximum Gasteiger partial charge on any atom is 0.227 e. The highest BCUT2D eigenvalue weighted by molar-refractivity contribution is 7.22. The highest BCUT2D eigenvalue weighted by atomic mass is 32.1. The lowest BCUT2D eigenvalue weighted by Crippen LogP contribution is -2.24. The number of rotatable bonds is 3. The zero-order valence-corrected chi connectivity index (χ0v) is 13.3. The Hall–Kier alpha value is -1.95. The molecule has 1 aromatic carbocycles. The molecule has 116 valence electrons. The Kier molecular flexibility index (Phi) is 4.38. The number of thiazole rings is 1. The fourth-order valence-corrected chi connectivity index (χ4v) is 3.71. The second-order valence-electron chi connectivity index (χ2n) is 5.71. The van der Waals surface area contributed by atoms with Gasteiger partial charge in [0.1, 0.15) is 0 Å². The number of fused-ring (bicyclic) bond motifs is 1. The maximum atomic E-state index is 12.3.